The van der Waals surface area contributed by atoms with E-state index >= 15 is 0 Å². The Kier molecular flexibility index (Phi) is 10.0. The molecule has 14 rings (SSSR count). The number of benzene rings is 11. The fourth-order valence-corrected chi connectivity index (χ4v) is 15.6. The normalized spacial score (nSPS) is 15.2. The third kappa shape index (κ3) is 10.5. The topological polar surface area (TPSA) is 35.9 Å². The number of aromatic nitrogens is 4. The average Bonchev–Trinajstić information content (AvgIpc) is 1.29. The van der Waals surface area contributed by atoms with E-state index in [-0.39, 0.29) is 21.8 Å². The van der Waals surface area contributed by atoms with Crippen LogP contribution in [-0.2, 0) is 16.2 Å². The third-order valence-electron chi connectivity index (χ3n) is 16.7. The van der Waals surface area contributed by atoms with Crippen molar-refractivity contribution in [2.45, 2.75) is 78.6 Å². The number of para-hydroxylation sites is 2. The molecular weight excluding hydrogens is 1110 g/mol. The lowest BCUT2D eigenvalue weighted by molar-refractivity contribution is -0.571. The summed E-state index contributed by atoms with van der Waals surface area (Å²) >= 11 is 0. The summed E-state index contributed by atoms with van der Waals surface area (Å²) in [4.78, 5) is 4.90. The second-order valence-corrected chi connectivity index (χ2v) is 29.1. The Morgan fingerprint density at radius 2 is 0.989 bits per heavy atom. The van der Waals surface area contributed by atoms with E-state index in [0.717, 1.165) is 66.6 Å². The van der Waals surface area contributed by atoms with Gasteiger partial charge in [0, 0.05) is 23.0 Å². The van der Waals surface area contributed by atoms with Gasteiger partial charge in [-0.25, -0.2) is 4.98 Å². The van der Waals surface area contributed by atoms with Crippen LogP contribution in [-0.4, -0.2) is 22.2 Å². The van der Waals surface area contributed by atoms with Gasteiger partial charge in [0.2, 0.25) is 0 Å². The fraction of sp³-hybridized carbons (Fsp3) is 0.143. The van der Waals surface area contributed by atoms with Crippen LogP contribution in [0.3, 0.4) is 0 Å². The number of ether oxygens (including phenoxy) is 1. The van der Waals surface area contributed by atoms with Crippen LogP contribution in [0.1, 0.15) is 105 Å². The predicted octanol–water partition coefficient (Wildman–Crippen LogP) is 18.3. The Labute approximate surface area is 557 Å². The van der Waals surface area contributed by atoms with E-state index in [2.05, 4.69) is 128 Å². The molecule has 0 aliphatic rings. The molecule has 90 heavy (non-hydrogen) atoms. The smallest absolute Gasteiger partial charge is 0.269 e. The molecule has 0 aliphatic carbocycles. The summed E-state index contributed by atoms with van der Waals surface area (Å²) in [6.07, 6.45) is 5.57. The molecule has 0 N–H and O–H groups in total. The molecule has 0 spiro atoms. The molecule has 440 valence electrons. The van der Waals surface area contributed by atoms with Gasteiger partial charge in [0.25, 0.3) is 6.33 Å². The zero-order valence-corrected chi connectivity index (χ0v) is 52.4. The van der Waals surface area contributed by atoms with Crippen molar-refractivity contribution < 1.29 is 35.3 Å². The van der Waals surface area contributed by atoms with Crippen molar-refractivity contribution in [3.05, 3.63) is 308 Å². The van der Waals surface area contributed by atoms with E-state index in [1.807, 2.05) is 102 Å². The van der Waals surface area contributed by atoms with Crippen molar-refractivity contribution >= 4 is 61.7 Å². The van der Waals surface area contributed by atoms with Crippen LogP contribution in [0, 0.1) is 6.33 Å². The molecule has 0 radical (unpaired) electrons. The fourth-order valence-electron chi connectivity index (χ4n) is 12.0. The van der Waals surface area contributed by atoms with Crippen molar-refractivity contribution in [1.29, 1.82) is 0 Å². The molecule has 11 aromatic carbocycles. The number of hydrogen-bond donors (Lipinski definition) is 0. The highest BCUT2D eigenvalue weighted by molar-refractivity contribution is 7.19. The van der Waals surface area contributed by atoms with Gasteiger partial charge in [0.15, 0.2) is 8.07 Å². The van der Waals surface area contributed by atoms with Crippen molar-refractivity contribution in [3.8, 4) is 62.1 Å². The standard InChI is InChI=1S/C84H74N4OSi/c1-82(2,3)62-29-21-27-60(50-62)72-41-25-42-73(61-28-22-30-63(51-61)83(4,5)6)81(72)87-57-86(65-31-24-32-66(55-65)89-67-45-46-75-74-40-19-20-43-76(74)88(78(75)56-67)80-54-64(48-49-85-80)84(7,8)9)79-53-59(44-47-77(79)87)58-26-23-39-71(52-58)90(68-33-13-10-14-34-68,69-35-15-11-16-36-69)70-37-17-12-18-38-70/h10-56H,1-9H3/i10D,11D,12D,13D,14D,15D,16D,17D,18D,23D,26D,33D,34D,35D,36D,37D,38D,39D,52D. The quantitative estimate of drug-likeness (QED) is 0.0529. The highest BCUT2D eigenvalue weighted by atomic mass is 28.3. The van der Waals surface area contributed by atoms with Gasteiger partial charge in [-0.1, -0.05) is 280 Å². The van der Waals surface area contributed by atoms with E-state index in [1.54, 1.807) is 22.8 Å². The van der Waals surface area contributed by atoms with Gasteiger partial charge in [-0.3, -0.25) is 13.7 Å². The molecule has 0 saturated carbocycles. The molecule has 0 bridgehead atoms. The maximum atomic E-state index is 10.8. The van der Waals surface area contributed by atoms with E-state index < -0.39 is 149 Å². The minimum absolute atomic E-state index is 0.00822. The van der Waals surface area contributed by atoms with E-state index in [1.165, 1.54) is 0 Å². The lowest BCUT2D eigenvalue weighted by atomic mass is 9.84. The average molecular weight is 1200 g/mol. The Morgan fingerprint density at radius 1 is 0.433 bits per heavy atom. The molecule has 3 heterocycles. The highest BCUT2D eigenvalue weighted by Crippen LogP contribution is 2.40. The van der Waals surface area contributed by atoms with Crippen LogP contribution in [0.2, 0.25) is 0 Å². The van der Waals surface area contributed by atoms with Crippen molar-refractivity contribution in [2.24, 2.45) is 0 Å². The van der Waals surface area contributed by atoms with Crippen LogP contribution in [0.25, 0.3) is 83.4 Å². The molecule has 0 fully saturated rings. The first kappa shape index (κ1) is 39.7. The minimum atomic E-state index is -6.20. The maximum absolute atomic E-state index is 10.8. The molecular formula is C84H74N4OSi. The van der Waals surface area contributed by atoms with Gasteiger partial charge in [0.1, 0.15) is 17.3 Å². The third-order valence-corrected chi connectivity index (χ3v) is 20.7. The Balaban J connectivity index is 1.09. The van der Waals surface area contributed by atoms with Crippen LogP contribution in [0.5, 0.6) is 11.5 Å². The molecule has 6 heteroatoms. The predicted molar refractivity (Wildman–Crippen MR) is 378 cm³/mol. The van der Waals surface area contributed by atoms with Crippen LogP contribution >= 0.6 is 0 Å². The Morgan fingerprint density at radius 3 is 1.61 bits per heavy atom. The summed E-state index contributed by atoms with van der Waals surface area (Å²) in [6, 6.07) is 33.7. The Bertz CT molecular complexity index is 5860. The van der Waals surface area contributed by atoms with Gasteiger partial charge in [0.05, 0.1) is 59.5 Å². The van der Waals surface area contributed by atoms with Crippen molar-refractivity contribution in [3.63, 3.8) is 0 Å². The van der Waals surface area contributed by atoms with Crippen molar-refractivity contribution in [1.82, 2.24) is 14.1 Å². The number of fused-ring (bicyclic) bond motifs is 4. The summed E-state index contributed by atoms with van der Waals surface area (Å²) in [5.74, 6) is 1.62. The van der Waals surface area contributed by atoms with Crippen molar-refractivity contribution in [2.75, 3.05) is 0 Å². The minimum Gasteiger partial charge on any atom is -0.458 e. The first-order valence-electron chi connectivity index (χ1n) is 39.4. The van der Waals surface area contributed by atoms with Gasteiger partial charge >= 0.3 is 0 Å². The van der Waals surface area contributed by atoms with Crippen LogP contribution in [0.4, 0.5) is 0 Å². The summed E-state index contributed by atoms with van der Waals surface area (Å²) in [5, 5.41) is -1.70. The molecule has 0 amide bonds. The molecule has 0 unspecified atom stereocenters. The molecule has 14 aromatic rings. The summed E-state index contributed by atoms with van der Waals surface area (Å²) in [5.41, 5.74) is 9.28. The Hall–Kier alpha value is -10.1. The largest absolute Gasteiger partial charge is 0.458 e. The molecule has 0 atom stereocenters. The summed E-state index contributed by atoms with van der Waals surface area (Å²) < 4.78 is 194. The first-order chi connectivity index (χ1) is 51.4. The highest BCUT2D eigenvalue weighted by Gasteiger charge is 2.41. The zero-order valence-electron chi connectivity index (χ0n) is 70.4. The summed E-state index contributed by atoms with van der Waals surface area (Å²) in [6.45, 7) is 19.4. The monoisotopic (exact) mass is 1200 g/mol. The van der Waals surface area contributed by atoms with E-state index in [4.69, 9.17) is 13.8 Å². The van der Waals surface area contributed by atoms with Crippen LogP contribution < -0.4 is 30.1 Å². The van der Waals surface area contributed by atoms with Gasteiger partial charge < -0.3 is 4.74 Å². The second kappa shape index (κ2) is 22.8. The molecule has 0 saturated heterocycles. The lowest BCUT2D eigenvalue weighted by Gasteiger charge is -2.34. The number of pyridine rings is 1. The summed E-state index contributed by atoms with van der Waals surface area (Å²) in [7, 11) is -6.20. The first-order valence-corrected chi connectivity index (χ1v) is 31.9. The van der Waals surface area contributed by atoms with Gasteiger partial charge in [-0.05, 0) is 142 Å². The lowest BCUT2D eigenvalue weighted by Crippen LogP contribution is -2.74. The molecule has 3 aromatic heterocycles. The number of hydrogen-bond acceptors (Lipinski definition) is 2. The maximum Gasteiger partial charge on any atom is 0.269 e. The van der Waals surface area contributed by atoms with Gasteiger partial charge in [-0.2, -0.15) is 0 Å². The number of rotatable bonds is 12. The molecule has 0 aliphatic heterocycles. The zero-order chi connectivity index (χ0) is 78.5. The van der Waals surface area contributed by atoms with Crippen LogP contribution in [0.15, 0.2) is 285 Å². The second-order valence-electron chi connectivity index (χ2n) is 25.6. The number of nitrogens with zero attached hydrogens (tertiary/aromatic N) is 4. The van der Waals surface area contributed by atoms with Gasteiger partial charge in [-0.15, -0.1) is 0 Å². The molecule has 5 nitrogen and oxygen atoms in total. The number of imidazole rings is 1. The van der Waals surface area contributed by atoms with E-state index in [0.29, 0.717) is 33.9 Å². The SMILES string of the molecule is [2H]c1c([2H])c([2H])c([Si](c2c([2H])c([2H])c([2H])c([2H])c2[2H])(c2c([2H])c([2H])c([2H])c([2H])c2[2H])c2c([2H])c([2H])c([2H])c(-c3ccc4c(c3)n(-c3cccc(Oc5ccc6c7ccccc7n(-c7cc(C(C)(C)C)ccn7)c6c5)c3)[c-][n+]4-c3c(-c4cccc(C(C)(C)C)c4)cccc3-c3cccc(C(C)(C)C)c3)c2[2H])c([2H])c1[2H]. The van der Waals surface area contributed by atoms with E-state index in [9.17, 15) is 21.9 Å².